The van der Waals surface area contributed by atoms with Gasteiger partial charge in [-0.1, -0.05) is 68.1 Å². The molecule has 43 heavy (non-hydrogen) atoms. The van der Waals surface area contributed by atoms with Crippen LogP contribution in [0, 0.1) is 13.8 Å². The van der Waals surface area contributed by atoms with Gasteiger partial charge in [0.25, 0.3) is 10.0 Å². The van der Waals surface area contributed by atoms with Crippen LogP contribution in [-0.2, 0) is 26.2 Å². The first kappa shape index (κ1) is 32.6. The average molecular weight is 622 g/mol. The van der Waals surface area contributed by atoms with Gasteiger partial charge in [0.05, 0.1) is 10.6 Å². The topological polar surface area (TPSA) is 86.8 Å². The van der Waals surface area contributed by atoms with Crippen LogP contribution in [-0.4, -0.2) is 50.0 Å². The Labute approximate surface area is 261 Å². The number of anilines is 1. The Balaban J connectivity index is 1.71. The fourth-order valence-corrected chi connectivity index (χ4v) is 7.37. The van der Waals surface area contributed by atoms with Gasteiger partial charge in [-0.25, -0.2) is 8.42 Å². The number of carbonyl (C=O) groups is 2. The number of hydrogen-bond donors (Lipinski definition) is 1. The van der Waals surface area contributed by atoms with E-state index in [4.69, 9.17) is 0 Å². The maximum atomic E-state index is 14.3. The highest BCUT2D eigenvalue weighted by Crippen LogP contribution is 2.27. The first-order valence-electron chi connectivity index (χ1n) is 15.0. The van der Waals surface area contributed by atoms with Gasteiger partial charge in [-0.15, -0.1) is 11.8 Å². The van der Waals surface area contributed by atoms with Crippen LogP contribution in [0.2, 0.25) is 0 Å². The van der Waals surface area contributed by atoms with Gasteiger partial charge >= 0.3 is 0 Å². The van der Waals surface area contributed by atoms with Crippen LogP contribution < -0.4 is 9.62 Å². The number of benzene rings is 3. The molecule has 1 saturated carbocycles. The third kappa shape index (κ3) is 8.21. The molecule has 0 saturated heterocycles. The van der Waals surface area contributed by atoms with Crippen molar-refractivity contribution < 1.29 is 18.0 Å². The molecule has 0 aromatic heterocycles. The summed E-state index contributed by atoms with van der Waals surface area (Å²) in [6.07, 6.45) is 7.53. The zero-order valence-electron chi connectivity index (χ0n) is 25.6. The lowest BCUT2D eigenvalue weighted by molar-refractivity contribution is -0.140. The second-order valence-electron chi connectivity index (χ2n) is 11.2. The van der Waals surface area contributed by atoms with Gasteiger partial charge in [-0.2, -0.15) is 0 Å². The molecule has 1 aliphatic carbocycles. The van der Waals surface area contributed by atoms with E-state index in [1.165, 1.54) is 22.5 Å². The monoisotopic (exact) mass is 621 g/mol. The van der Waals surface area contributed by atoms with Gasteiger partial charge in [-0.3, -0.25) is 13.9 Å². The predicted molar refractivity (Wildman–Crippen MR) is 175 cm³/mol. The van der Waals surface area contributed by atoms with Gasteiger partial charge in [0, 0.05) is 17.5 Å². The summed E-state index contributed by atoms with van der Waals surface area (Å²) in [6, 6.07) is 20.9. The average Bonchev–Trinajstić information content (AvgIpc) is 3.01. The van der Waals surface area contributed by atoms with Crippen molar-refractivity contribution in [3.8, 4) is 0 Å². The molecule has 1 N–H and O–H groups in total. The zero-order valence-corrected chi connectivity index (χ0v) is 27.2. The van der Waals surface area contributed by atoms with Crippen molar-refractivity contribution in [1.82, 2.24) is 10.2 Å². The van der Waals surface area contributed by atoms with Crippen molar-refractivity contribution >= 4 is 39.3 Å². The standard InChI is InChI=1S/C34H43N3O4S2/c1-5-32(34(39)35-28-13-7-6-8-14-28)36(23-27-12-10-9-11-26(27)3)33(38)24-37(29-17-15-25(2)16-18-29)43(40,41)31-21-19-30(42-4)20-22-31/h9-12,15-22,28,32H,5-8,13-14,23-24H2,1-4H3,(H,35,39)/t32-/m1/s1. The van der Waals surface area contributed by atoms with Crippen molar-refractivity contribution in [2.75, 3.05) is 17.1 Å². The number of rotatable bonds is 12. The number of nitrogens with zero attached hydrogens (tertiary/aromatic N) is 2. The lowest BCUT2D eigenvalue weighted by Gasteiger charge is -2.34. The lowest BCUT2D eigenvalue weighted by atomic mass is 9.95. The third-order valence-electron chi connectivity index (χ3n) is 8.19. The molecule has 1 atom stereocenters. The summed E-state index contributed by atoms with van der Waals surface area (Å²) in [5.41, 5.74) is 3.28. The molecule has 4 rings (SSSR count). The first-order chi connectivity index (χ1) is 20.6. The highest BCUT2D eigenvalue weighted by Gasteiger charge is 2.34. The van der Waals surface area contributed by atoms with E-state index < -0.39 is 28.5 Å². The molecule has 230 valence electrons. The fourth-order valence-electron chi connectivity index (χ4n) is 5.55. The summed E-state index contributed by atoms with van der Waals surface area (Å²) < 4.78 is 29.4. The fraction of sp³-hybridized carbons (Fsp3) is 0.412. The molecule has 7 nitrogen and oxygen atoms in total. The van der Waals surface area contributed by atoms with Crippen LogP contribution in [0.3, 0.4) is 0 Å². The molecule has 3 aromatic carbocycles. The number of aryl methyl sites for hydroxylation is 2. The second kappa shape index (κ2) is 14.9. The van der Waals surface area contributed by atoms with E-state index in [-0.39, 0.29) is 23.4 Å². The molecule has 0 radical (unpaired) electrons. The highest BCUT2D eigenvalue weighted by atomic mass is 32.2. The Hall–Kier alpha value is -3.30. The summed E-state index contributed by atoms with van der Waals surface area (Å²) >= 11 is 1.52. The van der Waals surface area contributed by atoms with Crippen molar-refractivity contribution in [2.45, 2.75) is 87.7 Å². The van der Waals surface area contributed by atoms with Crippen LogP contribution in [0.15, 0.2) is 82.6 Å². The molecule has 2 amide bonds. The number of nitrogens with one attached hydrogen (secondary N) is 1. The van der Waals surface area contributed by atoms with E-state index >= 15 is 0 Å². The van der Waals surface area contributed by atoms with Gasteiger partial charge in [0.15, 0.2) is 0 Å². The lowest BCUT2D eigenvalue weighted by Crippen LogP contribution is -2.54. The van der Waals surface area contributed by atoms with E-state index in [0.29, 0.717) is 12.1 Å². The van der Waals surface area contributed by atoms with Crippen LogP contribution in [0.25, 0.3) is 0 Å². The molecule has 0 spiro atoms. The Bertz CT molecular complexity index is 1480. The maximum absolute atomic E-state index is 14.3. The maximum Gasteiger partial charge on any atom is 0.264 e. The van der Waals surface area contributed by atoms with Crippen LogP contribution in [0.1, 0.15) is 62.1 Å². The molecule has 0 unspecified atom stereocenters. The largest absolute Gasteiger partial charge is 0.352 e. The van der Waals surface area contributed by atoms with Crippen LogP contribution in [0.5, 0.6) is 0 Å². The molecular formula is C34H43N3O4S2. The van der Waals surface area contributed by atoms with Crippen molar-refractivity contribution in [3.05, 3.63) is 89.5 Å². The highest BCUT2D eigenvalue weighted by molar-refractivity contribution is 7.98. The summed E-state index contributed by atoms with van der Waals surface area (Å²) in [4.78, 5) is 30.6. The van der Waals surface area contributed by atoms with Gasteiger partial charge in [0.1, 0.15) is 12.6 Å². The second-order valence-corrected chi connectivity index (χ2v) is 14.0. The van der Waals surface area contributed by atoms with Crippen LogP contribution in [0.4, 0.5) is 5.69 Å². The van der Waals surface area contributed by atoms with E-state index in [2.05, 4.69) is 5.32 Å². The number of thioether (sulfide) groups is 1. The smallest absolute Gasteiger partial charge is 0.264 e. The van der Waals surface area contributed by atoms with Crippen molar-refractivity contribution in [2.24, 2.45) is 0 Å². The first-order valence-corrected chi connectivity index (χ1v) is 17.7. The molecule has 0 heterocycles. The minimum Gasteiger partial charge on any atom is -0.352 e. The quantitative estimate of drug-likeness (QED) is 0.234. The molecule has 3 aromatic rings. The number of sulfonamides is 1. The Morgan fingerprint density at radius 3 is 2.19 bits per heavy atom. The predicted octanol–water partition coefficient (Wildman–Crippen LogP) is 6.48. The van der Waals surface area contributed by atoms with E-state index in [1.807, 2.05) is 63.4 Å². The SMILES string of the molecule is CC[C@H](C(=O)NC1CCCCC1)N(Cc1ccccc1C)C(=O)CN(c1ccc(C)cc1)S(=O)(=O)c1ccc(SC)cc1. The molecule has 0 aliphatic heterocycles. The Morgan fingerprint density at radius 1 is 0.930 bits per heavy atom. The summed E-state index contributed by atoms with van der Waals surface area (Å²) in [6.45, 7) is 5.56. The molecule has 1 aliphatic rings. The number of carbonyl (C=O) groups excluding carboxylic acids is 2. The normalized spacial score (nSPS) is 14.6. The number of amides is 2. The summed E-state index contributed by atoms with van der Waals surface area (Å²) in [7, 11) is -4.10. The molecule has 9 heteroatoms. The molecule has 0 bridgehead atoms. The Kier molecular flexibility index (Phi) is 11.3. The van der Waals surface area contributed by atoms with E-state index in [1.54, 1.807) is 41.3 Å². The van der Waals surface area contributed by atoms with Gasteiger partial charge < -0.3 is 10.2 Å². The van der Waals surface area contributed by atoms with Crippen molar-refractivity contribution in [1.29, 1.82) is 0 Å². The van der Waals surface area contributed by atoms with E-state index in [0.717, 1.165) is 47.3 Å². The zero-order chi connectivity index (χ0) is 31.0. The third-order valence-corrected chi connectivity index (χ3v) is 10.7. The Morgan fingerprint density at radius 2 is 1.58 bits per heavy atom. The van der Waals surface area contributed by atoms with Gasteiger partial charge in [0.2, 0.25) is 11.8 Å². The van der Waals surface area contributed by atoms with E-state index in [9.17, 15) is 18.0 Å². The van der Waals surface area contributed by atoms with Crippen LogP contribution >= 0.6 is 11.8 Å². The molecule has 1 fully saturated rings. The van der Waals surface area contributed by atoms with Gasteiger partial charge in [-0.05, 0) is 86.9 Å². The summed E-state index contributed by atoms with van der Waals surface area (Å²) in [5, 5.41) is 3.20. The minimum absolute atomic E-state index is 0.0967. The summed E-state index contributed by atoms with van der Waals surface area (Å²) in [5.74, 6) is -0.618. The molecular weight excluding hydrogens is 579 g/mol. The minimum atomic E-state index is -4.10. The van der Waals surface area contributed by atoms with Crippen molar-refractivity contribution in [3.63, 3.8) is 0 Å². The number of hydrogen-bond acceptors (Lipinski definition) is 5.